The van der Waals surface area contributed by atoms with E-state index < -0.39 is 0 Å². The minimum Gasteiger partial charge on any atom is -0.314 e. The van der Waals surface area contributed by atoms with E-state index in [1.165, 1.54) is 30.9 Å². The molecule has 1 N–H and O–H groups in total. The van der Waals surface area contributed by atoms with E-state index in [1.54, 1.807) is 0 Å². The first-order valence-electron chi connectivity index (χ1n) is 5.93. The minimum atomic E-state index is -0.181. The fraction of sp³-hybridized carbons (Fsp3) is 0.538. The fourth-order valence-corrected chi connectivity index (χ4v) is 2.17. The van der Waals surface area contributed by atoms with Gasteiger partial charge in [0, 0.05) is 6.04 Å². The number of benzene rings is 1. The minimum absolute atomic E-state index is 0.181. The first-order valence-corrected chi connectivity index (χ1v) is 6.72. The number of nitrogens with one attached hydrogen (secondary N) is 1. The highest BCUT2D eigenvalue weighted by atomic mass is 79.9. The van der Waals surface area contributed by atoms with Crippen LogP contribution in [0, 0.1) is 5.82 Å². The van der Waals surface area contributed by atoms with Crippen LogP contribution in [-0.2, 0) is 6.42 Å². The number of aryl methyl sites for hydroxylation is 1. The normalized spacial score (nSPS) is 15.4. The lowest BCUT2D eigenvalue weighted by atomic mass is 10.1. The molecule has 1 nitrogen and oxygen atoms in total. The van der Waals surface area contributed by atoms with Crippen molar-refractivity contribution in [3.8, 4) is 0 Å². The smallest absolute Gasteiger partial charge is 0.137 e. The van der Waals surface area contributed by atoms with Gasteiger partial charge < -0.3 is 5.32 Å². The first kappa shape index (κ1) is 12.1. The van der Waals surface area contributed by atoms with Gasteiger partial charge in [0.05, 0.1) is 4.47 Å². The summed E-state index contributed by atoms with van der Waals surface area (Å²) in [4.78, 5) is 0. The molecule has 16 heavy (non-hydrogen) atoms. The third kappa shape index (κ3) is 3.87. The van der Waals surface area contributed by atoms with Crippen molar-refractivity contribution in [2.75, 3.05) is 6.54 Å². The predicted octanol–water partition coefficient (Wildman–Crippen LogP) is 3.66. The summed E-state index contributed by atoms with van der Waals surface area (Å²) >= 11 is 3.21. The van der Waals surface area contributed by atoms with E-state index in [2.05, 4.69) is 21.2 Å². The van der Waals surface area contributed by atoms with Gasteiger partial charge in [-0.05, 0) is 72.3 Å². The second-order valence-corrected chi connectivity index (χ2v) is 5.29. The van der Waals surface area contributed by atoms with Gasteiger partial charge in [-0.1, -0.05) is 6.07 Å². The molecule has 0 heterocycles. The van der Waals surface area contributed by atoms with Crippen molar-refractivity contribution < 1.29 is 4.39 Å². The second kappa shape index (κ2) is 5.78. The Bertz CT molecular complexity index is 350. The molecule has 88 valence electrons. The van der Waals surface area contributed by atoms with Crippen molar-refractivity contribution >= 4 is 15.9 Å². The molecule has 2 rings (SSSR count). The molecule has 0 radical (unpaired) electrons. The zero-order chi connectivity index (χ0) is 11.4. The van der Waals surface area contributed by atoms with E-state index in [0.717, 1.165) is 25.4 Å². The van der Waals surface area contributed by atoms with Crippen molar-refractivity contribution in [1.29, 1.82) is 0 Å². The maximum absolute atomic E-state index is 13.0. The van der Waals surface area contributed by atoms with Crippen molar-refractivity contribution in [3.05, 3.63) is 34.1 Å². The molecule has 0 amide bonds. The second-order valence-electron chi connectivity index (χ2n) is 4.43. The topological polar surface area (TPSA) is 12.0 Å². The van der Waals surface area contributed by atoms with Crippen molar-refractivity contribution in [2.45, 2.75) is 38.1 Å². The number of hydrogen-bond donors (Lipinski definition) is 1. The van der Waals surface area contributed by atoms with E-state index in [9.17, 15) is 4.39 Å². The summed E-state index contributed by atoms with van der Waals surface area (Å²) in [6.45, 7) is 1.12. The zero-order valence-electron chi connectivity index (χ0n) is 9.31. The summed E-state index contributed by atoms with van der Waals surface area (Å²) in [6.07, 6.45) is 6.10. The molecule has 0 spiro atoms. The van der Waals surface area contributed by atoms with Crippen molar-refractivity contribution in [3.63, 3.8) is 0 Å². The van der Waals surface area contributed by atoms with Crippen LogP contribution in [0.4, 0.5) is 4.39 Å². The Morgan fingerprint density at radius 1 is 1.31 bits per heavy atom. The third-order valence-electron chi connectivity index (χ3n) is 2.89. The van der Waals surface area contributed by atoms with Crippen LogP contribution in [0.1, 0.15) is 31.2 Å². The number of hydrogen-bond acceptors (Lipinski definition) is 1. The maximum atomic E-state index is 13.0. The van der Waals surface area contributed by atoms with Crippen LogP contribution in [0.3, 0.4) is 0 Å². The standard InChI is InChI=1S/C13H17BrFN/c14-12-9-10(4-7-13(12)15)3-1-2-8-16-11-5-6-11/h4,7,9,11,16H,1-3,5-6,8H2. The van der Waals surface area contributed by atoms with E-state index in [1.807, 2.05) is 12.1 Å². The number of halogens is 2. The van der Waals surface area contributed by atoms with Gasteiger partial charge in [0.15, 0.2) is 0 Å². The van der Waals surface area contributed by atoms with E-state index in [4.69, 9.17) is 0 Å². The largest absolute Gasteiger partial charge is 0.314 e. The predicted molar refractivity (Wildman–Crippen MR) is 68.1 cm³/mol. The average molecular weight is 286 g/mol. The summed E-state index contributed by atoms with van der Waals surface area (Å²) in [5, 5.41) is 3.49. The molecule has 1 aliphatic rings. The van der Waals surface area contributed by atoms with E-state index in [0.29, 0.717) is 4.47 Å². The Hall–Kier alpha value is -0.410. The molecule has 0 aromatic heterocycles. The van der Waals surface area contributed by atoms with Crippen LogP contribution in [-0.4, -0.2) is 12.6 Å². The summed E-state index contributed by atoms with van der Waals surface area (Å²) in [5.41, 5.74) is 1.21. The summed E-state index contributed by atoms with van der Waals surface area (Å²) in [6, 6.07) is 6.08. The molecule has 0 saturated heterocycles. The monoisotopic (exact) mass is 285 g/mol. The Kier molecular flexibility index (Phi) is 4.36. The van der Waals surface area contributed by atoms with Crippen LogP contribution >= 0.6 is 15.9 Å². The maximum Gasteiger partial charge on any atom is 0.137 e. The highest BCUT2D eigenvalue weighted by Crippen LogP contribution is 2.19. The Labute approximate surface area is 105 Å². The fourth-order valence-electron chi connectivity index (χ4n) is 1.74. The highest BCUT2D eigenvalue weighted by Gasteiger charge is 2.19. The molecule has 0 aliphatic heterocycles. The Morgan fingerprint density at radius 3 is 2.81 bits per heavy atom. The van der Waals surface area contributed by atoms with Crippen molar-refractivity contribution in [1.82, 2.24) is 5.32 Å². The van der Waals surface area contributed by atoms with Gasteiger partial charge in [-0.25, -0.2) is 4.39 Å². The first-order chi connectivity index (χ1) is 7.75. The van der Waals surface area contributed by atoms with Crippen LogP contribution in [0.25, 0.3) is 0 Å². The van der Waals surface area contributed by atoms with Gasteiger partial charge in [-0.2, -0.15) is 0 Å². The van der Waals surface area contributed by atoms with Crippen LogP contribution < -0.4 is 5.32 Å². The molecule has 1 fully saturated rings. The lowest BCUT2D eigenvalue weighted by molar-refractivity contribution is 0.612. The van der Waals surface area contributed by atoms with Crippen LogP contribution in [0.2, 0.25) is 0 Å². The quantitative estimate of drug-likeness (QED) is 0.787. The van der Waals surface area contributed by atoms with Gasteiger partial charge in [0.1, 0.15) is 5.82 Å². The summed E-state index contributed by atoms with van der Waals surface area (Å²) in [5.74, 6) is -0.181. The zero-order valence-corrected chi connectivity index (χ0v) is 10.9. The van der Waals surface area contributed by atoms with Gasteiger partial charge in [-0.3, -0.25) is 0 Å². The molecule has 1 aliphatic carbocycles. The van der Waals surface area contributed by atoms with E-state index >= 15 is 0 Å². The summed E-state index contributed by atoms with van der Waals surface area (Å²) in [7, 11) is 0. The number of rotatable bonds is 6. The Balaban J connectivity index is 1.65. The third-order valence-corrected chi connectivity index (χ3v) is 3.49. The van der Waals surface area contributed by atoms with Gasteiger partial charge in [0.25, 0.3) is 0 Å². The number of unbranched alkanes of at least 4 members (excludes halogenated alkanes) is 1. The lowest BCUT2D eigenvalue weighted by Crippen LogP contribution is -2.17. The van der Waals surface area contributed by atoms with Crippen LogP contribution in [0.15, 0.2) is 22.7 Å². The molecule has 1 aromatic carbocycles. The molecule has 1 aromatic rings. The molecule has 0 unspecified atom stereocenters. The van der Waals surface area contributed by atoms with E-state index in [-0.39, 0.29) is 5.82 Å². The van der Waals surface area contributed by atoms with Crippen molar-refractivity contribution in [2.24, 2.45) is 0 Å². The molecule has 3 heteroatoms. The van der Waals surface area contributed by atoms with Gasteiger partial charge >= 0.3 is 0 Å². The SMILES string of the molecule is Fc1ccc(CCCCNC2CC2)cc1Br. The summed E-state index contributed by atoms with van der Waals surface area (Å²) < 4.78 is 13.6. The molecular weight excluding hydrogens is 269 g/mol. The lowest BCUT2D eigenvalue weighted by Gasteiger charge is -2.04. The van der Waals surface area contributed by atoms with Gasteiger partial charge in [0.2, 0.25) is 0 Å². The average Bonchev–Trinajstić information content (AvgIpc) is 3.07. The highest BCUT2D eigenvalue weighted by molar-refractivity contribution is 9.10. The van der Waals surface area contributed by atoms with Crippen LogP contribution in [0.5, 0.6) is 0 Å². The molecule has 1 saturated carbocycles. The molecule has 0 bridgehead atoms. The van der Waals surface area contributed by atoms with Gasteiger partial charge in [-0.15, -0.1) is 0 Å². The Morgan fingerprint density at radius 2 is 2.12 bits per heavy atom. The molecule has 0 atom stereocenters. The molecular formula is C13H17BrFN.